The number of aromatic nitrogens is 3. The maximum absolute atomic E-state index is 13.4. The van der Waals surface area contributed by atoms with Crippen LogP contribution in [0.1, 0.15) is 44.1 Å². The lowest BCUT2D eigenvalue weighted by Crippen LogP contribution is -2.53. The molecule has 3 N–H and O–H groups in total. The van der Waals surface area contributed by atoms with E-state index in [2.05, 4.69) is 10.1 Å². The number of hydrogen-bond acceptors (Lipinski definition) is 6. The van der Waals surface area contributed by atoms with E-state index in [0.29, 0.717) is 5.56 Å². The number of carbonyl (C=O) groups is 1. The first-order chi connectivity index (χ1) is 16.0. The molecule has 2 aromatic heterocycles. The first-order valence-electron chi connectivity index (χ1n) is 10.4. The van der Waals surface area contributed by atoms with Crippen LogP contribution in [0.4, 0.5) is 31.1 Å². The van der Waals surface area contributed by atoms with E-state index in [4.69, 9.17) is 15.2 Å². The molecule has 0 aliphatic carbocycles. The Bertz CT molecular complexity index is 1070. The van der Waals surface area contributed by atoms with E-state index in [1.807, 2.05) is 5.32 Å². The lowest BCUT2D eigenvalue weighted by molar-refractivity contribution is -0.264. The summed E-state index contributed by atoms with van der Waals surface area (Å²) in [5.74, 6) is 0. The summed E-state index contributed by atoms with van der Waals surface area (Å²) in [4.78, 5) is 17.7. The number of nitrogens with zero attached hydrogens (tertiary/aromatic N) is 4. The molecular weight excluding hydrogens is 486 g/mol. The molecule has 1 aliphatic heterocycles. The van der Waals surface area contributed by atoms with Crippen LogP contribution in [0, 0.1) is 0 Å². The van der Waals surface area contributed by atoms with Gasteiger partial charge in [0.15, 0.2) is 16.8 Å². The highest BCUT2D eigenvalue weighted by Gasteiger charge is 2.58. The summed E-state index contributed by atoms with van der Waals surface area (Å²) in [6.45, 7) is 1.41. The number of rotatable bonds is 8. The van der Waals surface area contributed by atoms with Gasteiger partial charge in [-0.3, -0.25) is 0 Å². The zero-order valence-electron chi connectivity index (χ0n) is 19.4. The molecule has 9 nitrogen and oxygen atoms in total. The number of methoxy groups -OCH3 is 1. The maximum Gasteiger partial charge on any atom is 0.416 e. The molecule has 1 saturated heterocycles. The van der Waals surface area contributed by atoms with Crippen LogP contribution < -0.4 is 11.1 Å². The Morgan fingerprint density at radius 3 is 2.43 bits per heavy atom. The monoisotopic (exact) mass is 512 g/mol. The molecule has 0 saturated carbocycles. The Labute approximate surface area is 196 Å². The van der Waals surface area contributed by atoms with Gasteiger partial charge in [-0.05, 0) is 26.8 Å². The zero-order chi connectivity index (χ0) is 26.4. The largest absolute Gasteiger partial charge is 0.416 e. The first kappa shape index (κ1) is 26.9. The zero-order valence-corrected chi connectivity index (χ0v) is 19.4. The number of halogens is 6. The third kappa shape index (κ3) is 5.30. The number of amides is 2. The van der Waals surface area contributed by atoms with Gasteiger partial charge in [-0.25, -0.2) is 14.3 Å². The normalized spacial score (nSPS) is 21.5. The smallest absolute Gasteiger partial charge is 0.382 e. The van der Waals surface area contributed by atoms with Gasteiger partial charge in [0, 0.05) is 12.7 Å². The second kappa shape index (κ2) is 9.09. The molecule has 3 heterocycles. The average molecular weight is 512 g/mol. The van der Waals surface area contributed by atoms with Gasteiger partial charge in [-0.15, -0.1) is 0 Å². The van der Waals surface area contributed by atoms with E-state index >= 15 is 0 Å². The quantitative estimate of drug-likeness (QED) is 0.527. The predicted octanol–water partition coefficient (Wildman–Crippen LogP) is 3.12. The van der Waals surface area contributed by atoms with Crippen LogP contribution in [-0.2, 0) is 9.47 Å². The molecule has 1 aliphatic rings. The van der Waals surface area contributed by atoms with Crippen LogP contribution in [-0.4, -0.2) is 75.9 Å². The molecule has 1 unspecified atom stereocenters. The van der Waals surface area contributed by atoms with Gasteiger partial charge in [0.25, 0.3) is 0 Å². The topological polar surface area (TPSA) is 107 Å². The van der Waals surface area contributed by atoms with Crippen molar-refractivity contribution >= 4 is 11.7 Å². The van der Waals surface area contributed by atoms with Crippen molar-refractivity contribution in [3.05, 3.63) is 29.7 Å². The number of alkyl halides is 6. The highest BCUT2D eigenvalue weighted by atomic mass is 19.4. The number of carbonyl (C=O) groups excluding carboxylic acids is 1. The maximum atomic E-state index is 13.4. The van der Waals surface area contributed by atoms with Gasteiger partial charge in [0.2, 0.25) is 0 Å². The van der Waals surface area contributed by atoms with Crippen molar-refractivity contribution in [3.63, 3.8) is 0 Å². The van der Waals surface area contributed by atoms with Crippen molar-refractivity contribution in [1.82, 2.24) is 24.8 Å². The molecular formula is C20H26F6N6O3. The molecule has 196 valence electrons. The number of nitrogens with two attached hydrogens (primary N) is 1. The molecule has 2 aromatic rings. The number of imidazole rings is 1. The fourth-order valence-electron chi connectivity index (χ4n) is 3.43. The van der Waals surface area contributed by atoms with E-state index in [1.165, 1.54) is 30.1 Å². The SMILES string of the molecule is COC[C@H](c1cnn2cc([C@@H](N)COC(C)(C)C(F)(F)F)nc2c1)N1CC(C)(C(F)(F)F)NC1=O. The van der Waals surface area contributed by atoms with Gasteiger partial charge in [0.1, 0.15) is 0 Å². The van der Waals surface area contributed by atoms with Crippen molar-refractivity contribution in [2.45, 2.75) is 56.3 Å². The Kier molecular flexibility index (Phi) is 7.00. The van der Waals surface area contributed by atoms with Crippen LogP contribution >= 0.6 is 0 Å². The summed E-state index contributed by atoms with van der Waals surface area (Å²) in [5, 5.41) is 6.14. The van der Waals surface area contributed by atoms with E-state index in [9.17, 15) is 31.1 Å². The Balaban J connectivity index is 1.84. The summed E-state index contributed by atoms with van der Waals surface area (Å²) < 4.78 is 90.7. The highest BCUT2D eigenvalue weighted by Crippen LogP contribution is 2.37. The fourth-order valence-corrected chi connectivity index (χ4v) is 3.43. The molecule has 35 heavy (non-hydrogen) atoms. The van der Waals surface area contributed by atoms with Gasteiger partial charge >= 0.3 is 18.4 Å². The molecule has 1 fully saturated rings. The van der Waals surface area contributed by atoms with E-state index in [0.717, 1.165) is 25.7 Å². The van der Waals surface area contributed by atoms with Crippen molar-refractivity contribution in [3.8, 4) is 0 Å². The van der Waals surface area contributed by atoms with Crippen molar-refractivity contribution in [2.24, 2.45) is 5.73 Å². The minimum Gasteiger partial charge on any atom is -0.382 e. The third-order valence-corrected chi connectivity index (χ3v) is 5.89. The van der Waals surface area contributed by atoms with E-state index in [-0.39, 0.29) is 17.9 Å². The molecule has 0 bridgehead atoms. The van der Waals surface area contributed by atoms with E-state index in [1.54, 1.807) is 0 Å². The summed E-state index contributed by atoms with van der Waals surface area (Å²) in [6.07, 6.45) is -6.52. The predicted molar refractivity (Wildman–Crippen MR) is 110 cm³/mol. The summed E-state index contributed by atoms with van der Waals surface area (Å²) in [7, 11) is 1.34. The number of hydrogen-bond donors (Lipinski definition) is 2. The third-order valence-electron chi connectivity index (χ3n) is 5.89. The molecule has 3 atom stereocenters. The lowest BCUT2D eigenvalue weighted by Gasteiger charge is -2.29. The number of fused-ring (bicyclic) bond motifs is 1. The van der Waals surface area contributed by atoms with E-state index < -0.39 is 54.8 Å². The Hall–Kier alpha value is -2.65. The van der Waals surface area contributed by atoms with Gasteiger partial charge in [0.05, 0.1) is 49.9 Å². The molecule has 0 radical (unpaired) electrons. The number of ether oxygens (including phenoxy) is 2. The van der Waals surface area contributed by atoms with Gasteiger partial charge < -0.3 is 25.4 Å². The molecule has 3 rings (SSSR count). The number of urea groups is 1. The van der Waals surface area contributed by atoms with Crippen molar-refractivity contribution < 1.29 is 40.6 Å². The Morgan fingerprint density at radius 1 is 1.23 bits per heavy atom. The van der Waals surface area contributed by atoms with Crippen LogP contribution in [0.3, 0.4) is 0 Å². The van der Waals surface area contributed by atoms with Crippen molar-refractivity contribution in [1.29, 1.82) is 0 Å². The van der Waals surface area contributed by atoms with Crippen molar-refractivity contribution in [2.75, 3.05) is 26.9 Å². The van der Waals surface area contributed by atoms with Gasteiger partial charge in [-0.1, -0.05) is 0 Å². The Morgan fingerprint density at radius 2 is 1.89 bits per heavy atom. The van der Waals surface area contributed by atoms with Crippen LogP contribution in [0.2, 0.25) is 0 Å². The van der Waals surface area contributed by atoms with Crippen LogP contribution in [0.5, 0.6) is 0 Å². The molecule has 0 spiro atoms. The summed E-state index contributed by atoms with van der Waals surface area (Å²) in [5.41, 5.74) is 1.87. The average Bonchev–Trinajstić information content (AvgIpc) is 3.29. The first-order valence-corrected chi connectivity index (χ1v) is 10.4. The molecule has 0 aromatic carbocycles. The summed E-state index contributed by atoms with van der Waals surface area (Å²) >= 11 is 0. The molecule has 2 amide bonds. The summed E-state index contributed by atoms with van der Waals surface area (Å²) in [6, 6.07) is -1.34. The number of nitrogens with one attached hydrogen (secondary N) is 1. The minimum atomic E-state index is -4.67. The van der Waals surface area contributed by atoms with Gasteiger partial charge in [-0.2, -0.15) is 31.4 Å². The fraction of sp³-hybridized carbons (Fsp3) is 0.650. The second-order valence-corrected chi connectivity index (χ2v) is 9.04. The molecule has 15 heteroatoms. The lowest BCUT2D eigenvalue weighted by atomic mass is 10.0. The minimum absolute atomic E-state index is 0.118. The standard InChI is InChI=1S/C20H26F6N6O3/c1-17(2,19(21,22)23)35-8-12(27)13-7-32-15(29-13)5-11(6-28-32)14(9-34-4)31-10-18(3,20(24,25)26)30-16(31)33/h5-7,12,14H,8-10,27H2,1-4H3,(H,30,33)/t12-,14+,18?/m0/s1. The second-order valence-electron chi connectivity index (χ2n) is 9.04. The van der Waals surface area contributed by atoms with Crippen LogP contribution in [0.25, 0.3) is 5.65 Å². The highest BCUT2D eigenvalue weighted by molar-refractivity contribution is 5.78. The van der Waals surface area contributed by atoms with Crippen LogP contribution in [0.15, 0.2) is 18.5 Å².